The summed E-state index contributed by atoms with van der Waals surface area (Å²) in [6.07, 6.45) is -1.17. The van der Waals surface area contributed by atoms with Gasteiger partial charge in [0.2, 0.25) is 0 Å². The van der Waals surface area contributed by atoms with Crippen LogP contribution in [0.3, 0.4) is 0 Å². The van der Waals surface area contributed by atoms with Crippen molar-refractivity contribution in [1.29, 1.82) is 0 Å². The summed E-state index contributed by atoms with van der Waals surface area (Å²) in [6, 6.07) is 8.27. The number of rotatable bonds is 6. The minimum Gasteiger partial charge on any atom is -0.489 e. The van der Waals surface area contributed by atoms with Crippen molar-refractivity contribution in [3.05, 3.63) is 79.0 Å². The number of aryl methyl sites for hydroxylation is 1. The molecule has 1 aliphatic rings. The van der Waals surface area contributed by atoms with Crippen LogP contribution in [0.2, 0.25) is 5.02 Å². The molecule has 7 nitrogen and oxygen atoms in total. The van der Waals surface area contributed by atoms with Crippen molar-refractivity contribution in [2.45, 2.75) is 45.6 Å². The Morgan fingerprint density at radius 3 is 2.74 bits per heavy atom. The molecule has 1 aliphatic heterocycles. The predicted molar refractivity (Wildman–Crippen MR) is 146 cm³/mol. The van der Waals surface area contributed by atoms with Gasteiger partial charge in [0.15, 0.2) is 0 Å². The predicted octanol–water partition coefficient (Wildman–Crippen LogP) is 5.24. The summed E-state index contributed by atoms with van der Waals surface area (Å²) in [7, 11) is 0. The van der Waals surface area contributed by atoms with Crippen molar-refractivity contribution < 1.29 is 17.9 Å². The second kappa shape index (κ2) is 10.8. The van der Waals surface area contributed by atoms with E-state index in [0.29, 0.717) is 25.9 Å². The topological polar surface area (TPSA) is 78.2 Å². The molecule has 12 heteroatoms. The Morgan fingerprint density at radius 1 is 1.21 bits per heavy atom. The second-order valence-corrected chi connectivity index (χ2v) is 11.4. The maximum absolute atomic E-state index is 12.9. The molecule has 0 unspecified atom stereocenters. The van der Waals surface area contributed by atoms with Crippen LogP contribution in [-0.2, 0) is 13.1 Å². The number of hydrogen-bond donors (Lipinski definition) is 1. The van der Waals surface area contributed by atoms with Crippen LogP contribution in [0.25, 0.3) is 21.3 Å². The van der Waals surface area contributed by atoms with Gasteiger partial charge in [0.05, 0.1) is 16.8 Å². The number of halogens is 4. The third-order valence-corrected chi connectivity index (χ3v) is 8.13. The summed E-state index contributed by atoms with van der Waals surface area (Å²) < 4.78 is 47.4. The van der Waals surface area contributed by atoms with Crippen LogP contribution < -0.4 is 21.3 Å². The van der Waals surface area contributed by atoms with Gasteiger partial charge in [0.25, 0.3) is 5.56 Å². The Hall–Kier alpha value is -3.15. The molecule has 1 N–H and O–H groups in total. The van der Waals surface area contributed by atoms with E-state index < -0.39 is 24.0 Å². The fourth-order valence-electron chi connectivity index (χ4n) is 4.85. The lowest BCUT2D eigenvalue weighted by Gasteiger charge is -2.31. The number of piperidine rings is 1. The lowest BCUT2D eigenvalue weighted by Crippen LogP contribution is -2.41. The van der Waals surface area contributed by atoms with Crippen LogP contribution in [0.1, 0.15) is 23.8 Å². The van der Waals surface area contributed by atoms with Crippen molar-refractivity contribution in [1.82, 2.24) is 19.4 Å². The monoisotopic (exact) mass is 578 g/mol. The second-order valence-electron chi connectivity index (χ2n) is 9.78. The Kier molecular flexibility index (Phi) is 7.58. The molecule has 206 valence electrons. The Morgan fingerprint density at radius 2 is 2.00 bits per heavy atom. The fraction of sp³-hybridized carbons (Fsp3) is 0.370. The molecule has 3 aromatic heterocycles. The highest BCUT2D eigenvalue weighted by molar-refractivity contribution is 7.19. The summed E-state index contributed by atoms with van der Waals surface area (Å²) >= 11 is 7.79. The normalized spacial score (nSPS) is 18.0. The average molecular weight is 579 g/mol. The number of aromatic nitrogens is 3. The van der Waals surface area contributed by atoms with Crippen LogP contribution in [-0.4, -0.2) is 39.5 Å². The number of fused-ring (bicyclic) bond motifs is 1. The quantitative estimate of drug-likeness (QED) is 0.339. The first-order valence-electron chi connectivity index (χ1n) is 12.4. The minimum absolute atomic E-state index is 0.0323. The van der Waals surface area contributed by atoms with Gasteiger partial charge in [-0.15, -0.1) is 11.3 Å². The molecule has 0 spiro atoms. The molecule has 5 rings (SSSR count). The van der Waals surface area contributed by atoms with Gasteiger partial charge in [-0.25, -0.2) is 4.79 Å². The molecular weight excluding hydrogens is 553 g/mol. The molecule has 4 aromatic rings. The molecule has 1 saturated heterocycles. The Balaban J connectivity index is 1.56. The largest absolute Gasteiger partial charge is 0.489 e. The van der Waals surface area contributed by atoms with Crippen molar-refractivity contribution in [2.75, 3.05) is 13.1 Å². The standard InChI is InChI=1S/C27H26ClF3N4O3S/c1-15-9-17(28)10-20(24(15)38-22-4-6-32-12-16(22)2)19-3-7-33-21-11-18(39-25(19)21)13-35-23(36)5-8-34(26(35)37)14-27(29,30)31/h3,5,7-11,16,22,32H,4,6,12-14H2,1-2H3/t16-,22+/m1/s1. The molecule has 39 heavy (non-hydrogen) atoms. The van der Waals surface area contributed by atoms with Crippen LogP contribution >= 0.6 is 22.9 Å². The lowest BCUT2D eigenvalue weighted by atomic mass is 9.97. The van der Waals surface area contributed by atoms with Gasteiger partial charge in [-0.2, -0.15) is 13.2 Å². The van der Waals surface area contributed by atoms with Crippen molar-refractivity contribution in [3.8, 4) is 16.9 Å². The van der Waals surface area contributed by atoms with Crippen LogP contribution in [0, 0.1) is 12.8 Å². The first kappa shape index (κ1) is 27.4. The Labute approximate surface area is 230 Å². The lowest BCUT2D eigenvalue weighted by molar-refractivity contribution is -0.141. The molecule has 0 radical (unpaired) electrons. The first-order chi connectivity index (χ1) is 18.5. The number of ether oxygens (including phenoxy) is 1. The molecule has 0 aliphatic carbocycles. The molecule has 2 atom stereocenters. The van der Waals surface area contributed by atoms with Gasteiger partial charge in [-0.3, -0.25) is 18.9 Å². The van der Waals surface area contributed by atoms with Crippen LogP contribution in [0.5, 0.6) is 5.75 Å². The zero-order valence-electron chi connectivity index (χ0n) is 21.2. The zero-order chi connectivity index (χ0) is 27.9. The van der Waals surface area contributed by atoms with E-state index in [4.69, 9.17) is 16.3 Å². The highest BCUT2D eigenvalue weighted by Gasteiger charge is 2.29. The van der Waals surface area contributed by atoms with Gasteiger partial charge < -0.3 is 10.1 Å². The summed E-state index contributed by atoms with van der Waals surface area (Å²) in [5.74, 6) is 1.05. The zero-order valence-corrected chi connectivity index (χ0v) is 22.8. The highest BCUT2D eigenvalue weighted by atomic mass is 35.5. The van der Waals surface area contributed by atoms with Crippen LogP contribution in [0.15, 0.2) is 52.3 Å². The number of alkyl halides is 3. The highest BCUT2D eigenvalue weighted by Crippen LogP contribution is 2.42. The molecule has 0 saturated carbocycles. The number of thiophene rings is 1. The number of benzene rings is 1. The molecule has 4 heterocycles. The summed E-state index contributed by atoms with van der Waals surface area (Å²) in [5, 5.41) is 3.93. The molecule has 0 bridgehead atoms. The van der Waals surface area contributed by atoms with Crippen molar-refractivity contribution >= 4 is 33.2 Å². The van der Waals surface area contributed by atoms with Gasteiger partial charge in [0, 0.05) is 51.9 Å². The van der Waals surface area contributed by atoms with Gasteiger partial charge in [-0.1, -0.05) is 18.5 Å². The van der Waals surface area contributed by atoms with Gasteiger partial charge >= 0.3 is 11.9 Å². The van der Waals surface area contributed by atoms with E-state index in [9.17, 15) is 22.8 Å². The first-order valence-corrected chi connectivity index (χ1v) is 13.6. The molecule has 1 fully saturated rings. The third-order valence-electron chi connectivity index (χ3n) is 6.77. The number of hydrogen-bond acceptors (Lipinski definition) is 6. The molecular formula is C27H26ClF3N4O3S. The van der Waals surface area contributed by atoms with E-state index in [0.717, 1.165) is 63.5 Å². The van der Waals surface area contributed by atoms with E-state index in [-0.39, 0.29) is 12.6 Å². The van der Waals surface area contributed by atoms with E-state index in [1.54, 1.807) is 12.3 Å². The number of pyridine rings is 1. The summed E-state index contributed by atoms with van der Waals surface area (Å²) in [6.45, 7) is 4.17. The minimum atomic E-state index is -4.59. The van der Waals surface area contributed by atoms with E-state index in [2.05, 4.69) is 17.2 Å². The van der Waals surface area contributed by atoms with E-state index in [1.165, 1.54) is 11.3 Å². The van der Waals surface area contributed by atoms with Crippen molar-refractivity contribution in [3.63, 3.8) is 0 Å². The molecule has 0 amide bonds. The number of nitrogens with zero attached hydrogens (tertiary/aromatic N) is 3. The summed E-state index contributed by atoms with van der Waals surface area (Å²) in [5.41, 5.74) is 1.45. The summed E-state index contributed by atoms with van der Waals surface area (Å²) in [4.78, 5) is 30.2. The van der Waals surface area contributed by atoms with E-state index in [1.807, 2.05) is 25.1 Å². The van der Waals surface area contributed by atoms with Crippen LogP contribution in [0.4, 0.5) is 13.2 Å². The smallest absolute Gasteiger partial charge is 0.406 e. The van der Waals surface area contributed by atoms with Crippen molar-refractivity contribution in [2.24, 2.45) is 5.92 Å². The Bertz CT molecular complexity index is 1650. The SMILES string of the molecule is Cc1cc(Cl)cc(-c2ccnc3cc(Cn4c(=O)ccn(CC(F)(F)F)c4=O)sc23)c1O[C@H]1CCNC[C@H]1C. The maximum Gasteiger partial charge on any atom is 0.406 e. The fourth-order valence-corrected chi connectivity index (χ4v) is 6.26. The third kappa shape index (κ3) is 5.90. The van der Waals surface area contributed by atoms with Gasteiger partial charge in [-0.05, 0) is 49.7 Å². The molecule has 1 aromatic carbocycles. The van der Waals surface area contributed by atoms with E-state index >= 15 is 0 Å². The van der Waals surface area contributed by atoms with Gasteiger partial charge in [0.1, 0.15) is 18.4 Å². The average Bonchev–Trinajstić information content (AvgIpc) is 3.28. The number of nitrogens with one attached hydrogen (secondary N) is 1. The maximum atomic E-state index is 12.9.